The molecule has 7 heteroatoms. The molecule has 0 radical (unpaired) electrons. The molecule has 1 unspecified atom stereocenters. The number of carbonyl (C=O) groups is 2. The number of carbonyl (C=O) groups excluding carboxylic acids is 1. The molecule has 0 bridgehead atoms. The van der Waals surface area contributed by atoms with Crippen LogP contribution in [0.3, 0.4) is 0 Å². The molecule has 1 fully saturated rings. The van der Waals surface area contributed by atoms with Gasteiger partial charge in [0.15, 0.2) is 0 Å². The first-order valence-electron chi connectivity index (χ1n) is 7.33. The van der Waals surface area contributed by atoms with Gasteiger partial charge in [0.2, 0.25) is 0 Å². The topological polar surface area (TPSA) is 83.4 Å². The summed E-state index contributed by atoms with van der Waals surface area (Å²) in [6, 6.07) is 2.39. The van der Waals surface area contributed by atoms with Gasteiger partial charge in [0, 0.05) is 19.2 Å². The first-order chi connectivity index (χ1) is 10.9. The number of hydrogen-bond acceptors (Lipinski definition) is 4. The van der Waals surface area contributed by atoms with Gasteiger partial charge in [0.1, 0.15) is 11.3 Å². The number of amides is 1. The molecule has 3 rings (SSSR count). The molecule has 1 N–H and O–H groups in total. The summed E-state index contributed by atoms with van der Waals surface area (Å²) in [5, 5.41) is 9.05. The van der Waals surface area contributed by atoms with Crippen LogP contribution in [-0.4, -0.2) is 44.9 Å². The van der Waals surface area contributed by atoms with E-state index in [0.717, 1.165) is 6.07 Å². The Morgan fingerprint density at radius 3 is 2.61 bits per heavy atom. The summed E-state index contributed by atoms with van der Waals surface area (Å²) >= 11 is 0. The highest BCUT2D eigenvalue weighted by atomic mass is 19.1. The molecule has 0 aliphatic carbocycles. The second kappa shape index (κ2) is 5.57. The highest BCUT2D eigenvalue weighted by Gasteiger charge is 2.32. The summed E-state index contributed by atoms with van der Waals surface area (Å²) in [6.07, 6.45) is 0.401. The fourth-order valence-electron chi connectivity index (χ4n) is 2.78. The number of aryl methyl sites for hydroxylation is 2. The Bertz CT molecular complexity index is 822. The molecule has 1 aromatic carbocycles. The lowest BCUT2D eigenvalue weighted by atomic mass is 10.1. The van der Waals surface area contributed by atoms with Crippen molar-refractivity contribution < 1.29 is 19.1 Å². The number of carboxylic acids is 1. The van der Waals surface area contributed by atoms with Crippen LogP contribution < -0.4 is 0 Å². The minimum absolute atomic E-state index is 0.127. The van der Waals surface area contributed by atoms with Crippen molar-refractivity contribution in [3.63, 3.8) is 0 Å². The van der Waals surface area contributed by atoms with Crippen LogP contribution in [0, 0.1) is 25.6 Å². The van der Waals surface area contributed by atoms with Crippen molar-refractivity contribution in [2.75, 3.05) is 13.1 Å². The zero-order valence-corrected chi connectivity index (χ0v) is 12.8. The van der Waals surface area contributed by atoms with Crippen molar-refractivity contribution in [2.45, 2.75) is 20.3 Å². The lowest BCUT2D eigenvalue weighted by Crippen LogP contribution is -2.30. The molecule has 120 valence electrons. The SMILES string of the molecule is Cc1nc2cc(F)cc(C(=O)N3CCC(C(=O)O)C3)c2nc1C. The van der Waals surface area contributed by atoms with Crippen LogP contribution in [0.25, 0.3) is 11.0 Å². The molecule has 0 spiro atoms. The van der Waals surface area contributed by atoms with E-state index in [-0.39, 0.29) is 12.1 Å². The van der Waals surface area contributed by atoms with Crippen molar-refractivity contribution in [3.8, 4) is 0 Å². The van der Waals surface area contributed by atoms with E-state index in [1.165, 1.54) is 11.0 Å². The molecule has 1 aliphatic heterocycles. The van der Waals surface area contributed by atoms with Gasteiger partial charge in [-0.05, 0) is 26.3 Å². The Labute approximate surface area is 132 Å². The first-order valence-corrected chi connectivity index (χ1v) is 7.33. The van der Waals surface area contributed by atoms with Crippen LogP contribution in [-0.2, 0) is 4.79 Å². The van der Waals surface area contributed by atoms with Crippen molar-refractivity contribution in [3.05, 3.63) is 34.9 Å². The van der Waals surface area contributed by atoms with Gasteiger partial charge >= 0.3 is 5.97 Å². The quantitative estimate of drug-likeness (QED) is 0.915. The van der Waals surface area contributed by atoms with Gasteiger partial charge in [-0.2, -0.15) is 0 Å². The third-order valence-corrected chi connectivity index (χ3v) is 4.20. The number of aliphatic carboxylic acids is 1. The summed E-state index contributed by atoms with van der Waals surface area (Å²) in [7, 11) is 0. The molecule has 2 aromatic rings. The Hall–Kier alpha value is -2.57. The van der Waals surface area contributed by atoms with Crippen LogP contribution >= 0.6 is 0 Å². The number of rotatable bonds is 2. The van der Waals surface area contributed by atoms with E-state index < -0.39 is 23.6 Å². The number of nitrogens with zero attached hydrogens (tertiary/aromatic N) is 3. The lowest BCUT2D eigenvalue weighted by Gasteiger charge is -2.17. The summed E-state index contributed by atoms with van der Waals surface area (Å²) in [6.45, 7) is 4.01. The minimum atomic E-state index is -0.921. The van der Waals surface area contributed by atoms with Gasteiger partial charge in [0.05, 0.1) is 28.4 Å². The first kappa shape index (κ1) is 15.3. The van der Waals surface area contributed by atoms with Crippen LogP contribution in [0.1, 0.15) is 28.2 Å². The van der Waals surface area contributed by atoms with Crippen LogP contribution in [0.15, 0.2) is 12.1 Å². The zero-order chi connectivity index (χ0) is 16.7. The van der Waals surface area contributed by atoms with Crippen molar-refractivity contribution in [1.29, 1.82) is 0 Å². The van der Waals surface area contributed by atoms with Crippen LogP contribution in [0.5, 0.6) is 0 Å². The molecule has 1 amide bonds. The number of fused-ring (bicyclic) bond motifs is 1. The highest BCUT2D eigenvalue weighted by Crippen LogP contribution is 2.24. The van der Waals surface area contributed by atoms with E-state index in [0.29, 0.717) is 35.4 Å². The van der Waals surface area contributed by atoms with Crippen molar-refractivity contribution in [2.24, 2.45) is 5.92 Å². The van der Waals surface area contributed by atoms with Crippen molar-refractivity contribution >= 4 is 22.9 Å². The van der Waals surface area contributed by atoms with Crippen molar-refractivity contribution in [1.82, 2.24) is 14.9 Å². The van der Waals surface area contributed by atoms with Gasteiger partial charge in [-0.25, -0.2) is 14.4 Å². The van der Waals surface area contributed by atoms with Crippen LogP contribution in [0.4, 0.5) is 4.39 Å². The number of carboxylic acid groups (broad SMARTS) is 1. The monoisotopic (exact) mass is 317 g/mol. The molecule has 1 saturated heterocycles. The van der Waals surface area contributed by atoms with E-state index in [1.807, 2.05) is 0 Å². The molecule has 2 heterocycles. The highest BCUT2D eigenvalue weighted by molar-refractivity contribution is 6.05. The van der Waals surface area contributed by atoms with E-state index in [1.54, 1.807) is 13.8 Å². The zero-order valence-electron chi connectivity index (χ0n) is 12.8. The lowest BCUT2D eigenvalue weighted by molar-refractivity contribution is -0.141. The predicted molar refractivity (Wildman–Crippen MR) is 80.6 cm³/mol. The number of hydrogen-bond donors (Lipinski definition) is 1. The van der Waals surface area contributed by atoms with Crippen LogP contribution in [0.2, 0.25) is 0 Å². The number of likely N-dealkylation sites (tertiary alicyclic amines) is 1. The number of aromatic nitrogens is 2. The molecule has 6 nitrogen and oxygen atoms in total. The smallest absolute Gasteiger partial charge is 0.308 e. The average Bonchev–Trinajstić information content (AvgIpc) is 2.97. The largest absolute Gasteiger partial charge is 0.481 e. The standard InChI is InChI=1S/C16H16FN3O3/c1-8-9(2)19-14-12(5-11(17)6-13(14)18-8)15(21)20-4-3-10(7-20)16(22)23/h5-6,10H,3-4,7H2,1-2H3,(H,22,23). The Morgan fingerprint density at radius 1 is 1.26 bits per heavy atom. The van der Waals surface area contributed by atoms with Gasteiger partial charge in [0.25, 0.3) is 5.91 Å². The van der Waals surface area contributed by atoms with E-state index in [2.05, 4.69) is 9.97 Å². The van der Waals surface area contributed by atoms with E-state index in [4.69, 9.17) is 5.11 Å². The fraction of sp³-hybridized carbons (Fsp3) is 0.375. The summed E-state index contributed by atoms with van der Waals surface area (Å²) < 4.78 is 13.8. The second-order valence-electron chi connectivity index (χ2n) is 5.79. The molecule has 1 aromatic heterocycles. The summed E-state index contributed by atoms with van der Waals surface area (Å²) in [5.41, 5.74) is 2.14. The molecule has 1 atom stereocenters. The number of benzene rings is 1. The maximum atomic E-state index is 13.8. The molecule has 0 saturated carbocycles. The molecular weight excluding hydrogens is 301 g/mol. The minimum Gasteiger partial charge on any atom is -0.481 e. The summed E-state index contributed by atoms with van der Waals surface area (Å²) in [4.78, 5) is 33.8. The Kier molecular flexibility index (Phi) is 3.71. The molecule has 23 heavy (non-hydrogen) atoms. The second-order valence-corrected chi connectivity index (χ2v) is 5.79. The normalized spacial score (nSPS) is 17.7. The van der Waals surface area contributed by atoms with Gasteiger partial charge in [-0.15, -0.1) is 0 Å². The predicted octanol–water partition coefficient (Wildman–Crippen LogP) is 1.93. The maximum Gasteiger partial charge on any atom is 0.308 e. The Morgan fingerprint density at radius 2 is 1.96 bits per heavy atom. The average molecular weight is 317 g/mol. The fourth-order valence-corrected chi connectivity index (χ4v) is 2.78. The molecular formula is C16H16FN3O3. The maximum absolute atomic E-state index is 13.8. The van der Waals surface area contributed by atoms with E-state index in [9.17, 15) is 14.0 Å². The van der Waals surface area contributed by atoms with Gasteiger partial charge in [-0.1, -0.05) is 0 Å². The third-order valence-electron chi connectivity index (χ3n) is 4.20. The third kappa shape index (κ3) is 2.74. The number of halogens is 1. The van der Waals surface area contributed by atoms with Gasteiger partial charge in [-0.3, -0.25) is 9.59 Å². The summed E-state index contributed by atoms with van der Waals surface area (Å²) in [5.74, 6) is -2.47. The molecule has 1 aliphatic rings. The Balaban J connectivity index is 2.04. The van der Waals surface area contributed by atoms with E-state index >= 15 is 0 Å². The van der Waals surface area contributed by atoms with Gasteiger partial charge < -0.3 is 10.0 Å².